The maximum atomic E-state index is 14.0. The first-order chi connectivity index (χ1) is 9.13. The number of methoxy groups -OCH3 is 1. The quantitative estimate of drug-likeness (QED) is 0.926. The van der Waals surface area contributed by atoms with Gasteiger partial charge in [0.2, 0.25) is 0 Å². The summed E-state index contributed by atoms with van der Waals surface area (Å²) in [5.41, 5.74) is 1.84. The second-order valence-electron chi connectivity index (χ2n) is 4.22. The molecule has 2 aromatic rings. The predicted octanol–water partition coefficient (Wildman–Crippen LogP) is 3.82. The van der Waals surface area contributed by atoms with Crippen LogP contribution in [0, 0.1) is 5.82 Å². The topological polar surface area (TPSA) is 29.5 Å². The van der Waals surface area contributed by atoms with Crippen molar-refractivity contribution in [1.29, 1.82) is 0 Å². The number of aliphatic hydroxyl groups is 1. The van der Waals surface area contributed by atoms with Crippen molar-refractivity contribution >= 4 is 15.9 Å². The lowest BCUT2D eigenvalue weighted by atomic mass is 9.99. The molecule has 4 heteroatoms. The molecule has 2 rings (SSSR count). The summed E-state index contributed by atoms with van der Waals surface area (Å²) in [5.74, 6) is -0.438. The average molecular weight is 325 g/mol. The Balaban J connectivity index is 2.35. The Kier molecular flexibility index (Phi) is 4.69. The Morgan fingerprint density at radius 3 is 2.74 bits per heavy atom. The van der Waals surface area contributed by atoms with E-state index in [9.17, 15) is 9.50 Å². The number of benzene rings is 2. The molecule has 0 saturated carbocycles. The van der Waals surface area contributed by atoms with Crippen LogP contribution in [0.15, 0.2) is 46.9 Å². The number of hydrogen-bond acceptors (Lipinski definition) is 2. The van der Waals surface area contributed by atoms with Crippen molar-refractivity contribution in [2.75, 3.05) is 7.11 Å². The third kappa shape index (κ3) is 3.21. The standard InChI is InChI=1S/C15H14BrFO2/c1-19-9-10-4-2-5-11(8-10)15(18)12-6-3-7-13(16)14(12)17/h2-8,15,18H,9H2,1H3. The monoisotopic (exact) mass is 324 g/mol. The lowest BCUT2D eigenvalue weighted by molar-refractivity contribution is 0.184. The zero-order valence-electron chi connectivity index (χ0n) is 10.4. The molecule has 2 aromatic carbocycles. The maximum absolute atomic E-state index is 14.0. The van der Waals surface area contributed by atoms with Crippen LogP contribution in [-0.2, 0) is 11.3 Å². The first kappa shape index (κ1) is 14.2. The van der Waals surface area contributed by atoms with Crippen molar-refractivity contribution in [3.63, 3.8) is 0 Å². The molecule has 0 radical (unpaired) electrons. The van der Waals surface area contributed by atoms with Gasteiger partial charge in [-0.25, -0.2) is 4.39 Å². The zero-order valence-corrected chi connectivity index (χ0v) is 12.0. The highest BCUT2D eigenvalue weighted by atomic mass is 79.9. The Morgan fingerprint density at radius 2 is 2.00 bits per heavy atom. The van der Waals surface area contributed by atoms with Crippen LogP contribution in [0.5, 0.6) is 0 Å². The van der Waals surface area contributed by atoms with Crippen molar-refractivity contribution in [3.8, 4) is 0 Å². The van der Waals surface area contributed by atoms with E-state index in [1.807, 2.05) is 18.2 Å². The molecule has 19 heavy (non-hydrogen) atoms. The Morgan fingerprint density at radius 1 is 1.26 bits per heavy atom. The van der Waals surface area contributed by atoms with E-state index in [1.54, 1.807) is 31.4 Å². The Hall–Kier alpha value is -1.23. The van der Waals surface area contributed by atoms with Crippen LogP contribution in [0.2, 0.25) is 0 Å². The smallest absolute Gasteiger partial charge is 0.143 e. The molecule has 0 aliphatic carbocycles. The fraction of sp³-hybridized carbons (Fsp3) is 0.200. The van der Waals surface area contributed by atoms with Gasteiger partial charge in [-0.05, 0) is 33.1 Å². The van der Waals surface area contributed by atoms with E-state index in [0.717, 1.165) is 5.56 Å². The van der Waals surface area contributed by atoms with Crippen LogP contribution in [-0.4, -0.2) is 12.2 Å². The molecule has 100 valence electrons. The molecule has 0 aliphatic heterocycles. The summed E-state index contributed by atoms with van der Waals surface area (Å²) < 4.78 is 19.3. The van der Waals surface area contributed by atoms with E-state index >= 15 is 0 Å². The number of rotatable bonds is 4. The second kappa shape index (κ2) is 6.28. The third-order valence-corrected chi connectivity index (χ3v) is 3.47. The molecular formula is C15H14BrFO2. The van der Waals surface area contributed by atoms with Crippen LogP contribution < -0.4 is 0 Å². The van der Waals surface area contributed by atoms with Gasteiger partial charge in [-0.3, -0.25) is 0 Å². The van der Waals surface area contributed by atoms with Gasteiger partial charge in [0.1, 0.15) is 11.9 Å². The molecule has 1 atom stereocenters. The normalized spacial score (nSPS) is 12.4. The van der Waals surface area contributed by atoms with E-state index in [0.29, 0.717) is 16.6 Å². The minimum absolute atomic E-state index is 0.254. The lowest BCUT2D eigenvalue weighted by Gasteiger charge is -2.14. The Bertz CT molecular complexity index is 572. The molecule has 0 aliphatic rings. The zero-order chi connectivity index (χ0) is 13.8. The van der Waals surface area contributed by atoms with Gasteiger partial charge in [-0.1, -0.05) is 36.4 Å². The molecule has 0 aromatic heterocycles. The summed E-state index contributed by atoms with van der Waals surface area (Å²) in [7, 11) is 1.61. The van der Waals surface area contributed by atoms with Gasteiger partial charge in [0.15, 0.2) is 0 Å². The number of hydrogen-bond donors (Lipinski definition) is 1. The minimum atomic E-state index is -0.991. The van der Waals surface area contributed by atoms with Gasteiger partial charge in [0, 0.05) is 12.7 Å². The average Bonchev–Trinajstić information content (AvgIpc) is 2.42. The molecule has 0 fully saturated rings. The summed E-state index contributed by atoms with van der Waals surface area (Å²) in [6.07, 6.45) is -0.991. The molecule has 0 amide bonds. The molecule has 0 spiro atoms. The number of halogens is 2. The largest absolute Gasteiger partial charge is 0.384 e. The van der Waals surface area contributed by atoms with E-state index in [4.69, 9.17) is 4.74 Å². The molecular weight excluding hydrogens is 311 g/mol. The van der Waals surface area contributed by atoms with Crippen LogP contribution in [0.3, 0.4) is 0 Å². The minimum Gasteiger partial charge on any atom is -0.384 e. The molecule has 0 saturated heterocycles. The lowest BCUT2D eigenvalue weighted by Crippen LogP contribution is -2.04. The first-order valence-corrected chi connectivity index (χ1v) is 6.62. The van der Waals surface area contributed by atoms with E-state index in [2.05, 4.69) is 15.9 Å². The van der Waals surface area contributed by atoms with Crippen molar-refractivity contribution in [2.45, 2.75) is 12.7 Å². The molecule has 1 unspecified atom stereocenters. The van der Waals surface area contributed by atoms with E-state index in [-0.39, 0.29) is 5.56 Å². The van der Waals surface area contributed by atoms with Crippen molar-refractivity contribution in [2.24, 2.45) is 0 Å². The summed E-state index contributed by atoms with van der Waals surface area (Å²) in [5, 5.41) is 10.3. The van der Waals surface area contributed by atoms with Gasteiger partial charge in [0.25, 0.3) is 0 Å². The third-order valence-electron chi connectivity index (χ3n) is 2.85. The molecule has 0 heterocycles. The molecule has 1 N–H and O–H groups in total. The van der Waals surface area contributed by atoms with Gasteiger partial charge in [0.05, 0.1) is 11.1 Å². The maximum Gasteiger partial charge on any atom is 0.143 e. The van der Waals surface area contributed by atoms with Crippen LogP contribution >= 0.6 is 15.9 Å². The van der Waals surface area contributed by atoms with Gasteiger partial charge < -0.3 is 9.84 Å². The number of ether oxygens (including phenoxy) is 1. The highest BCUT2D eigenvalue weighted by Crippen LogP contribution is 2.28. The summed E-state index contributed by atoms with van der Waals surface area (Å²) in [4.78, 5) is 0. The van der Waals surface area contributed by atoms with Gasteiger partial charge in [-0.2, -0.15) is 0 Å². The van der Waals surface area contributed by atoms with E-state index in [1.165, 1.54) is 0 Å². The Labute approximate surface area is 120 Å². The molecule has 2 nitrogen and oxygen atoms in total. The first-order valence-electron chi connectivity index (χ1n) is 5.83. The fourth-order valence-corrected chi connectivity index (χ4v) is 2.31. The molecule has 0 bridgehead atoms. The van der Waals surface area contributed by atoms with Crippen molar-refractivity contribution in [3.05, 3.63) is 69.4 Å². The van der Waals surface area contributed by atoms with Crippen LogP contribution in [0.4, 0.5) is 4.39 Å². The van der Waals surface area contributed by atoms with Crippen LogP contribution in [0.1, 0.15) is 22.8 Å². The van der Waals surface area contributed by atoms with Gasteiger partial charge in [-0.15, -0.1) is 0 Å². The highest BCUT2D eigenvalue weighted by molar-refractivity contribution is 9.10. The number of aliphatic hydroxyl groups excluding tert-OH is 1. The SMILES string of the molecule is COCc1cccc(C(O)c2cccc(Br)c2F)c1. The van der Waals surface area contributed by atoms with E-state index < -0.39 is 11.9 Å². The summed E-state index contributed by atoms with van der Waals surface area (Å²) >= 11 is 3.12. The highest BCUT2D eigenvalue weighted by Gasteiger charge is 2.16. The fourth-order valence-electron chi connectivity index (χ4n) is 1.93. The predicted molar refractivity (Wildman–Crippen MR) is 75.3 cm³/mol. The van der Waals surface area contributed by atoms with Crippen molar-refractivity contribution < 1.29 is 14.2 Å². The van der Waals surface area contributed by atoms with Crippen molar-refractivity contribution in [1.82, 2.24) is 0 Å². The van der Waals surface area contributed by atoms with Gasteiger partial charge >= 0.3 is 0 Å². The second-order valence-corrected chi connectivity index (χ2v) is 5.08. The van der Waals surface area contributed by atoms with Crippen LogP contribution in [0.25, 0.3) is 0 Å². The summed E-state index contributed by atoms with van der Waals surface area (Å²) in [6.45, 7) is 0.460. The summed E-state index contributed by atoms with van der Waals surface area (Å²) in [6, 6.07) is 12.2.